The summed E-state index contributed by atoms with van der Waals surface area (Å²) in [4.78, 5) is 14.1. The number of rotatable bonds is 3. The third kappa shape index (κ3) is 3.31. The van der Waals surface area contributed by atoms with E-state index in [9.17, 15) is 13.2 Å². The van der Waals surface area contributed by atoms with Gasteiger partial charge >= 0.3 is 0 Å². The maximum atomic E-state index is 12.6. The van der Waals surface area contributed by atoms with Crippen molar-refractivity contribution in [3.05, 3.63) is 46.7 Å². The second-order valence-electron chi connectivity index (χ2n) is 5.59. The number of aryl methyl sites for hydroxylation is 1. The van der Waals surface area contributed by atoms with Crippen molar-refractivity contribution in [1.29, 1.82) is 0 Å². The number of amides is 1. The van der Waals surface area contributed by atoms with E-state index in [1.54, 1.807) is 23.1 Å². The van der Waals surface area contributed by atoms with Crippen LogP contribution in [0, 0.1) is 6.92 Å². The summed E-state index contributed by atoms with van der Waals surface area (Å²) in [6, 6.07) is 7.86. The molecule has 0 unspecified atom stereocenters. The predicted octanol–water partition coefficient (Wildman–Crippen LogP) is 1.52. The fraction of sp³-hybridized carbons (Fsp3) is 0.333. The number of hydrogen-bond donors (Lipinski definition) is 1. The molecular formula is C15H17ClN4O3S. The molecule has 1 fully saturated rings. The lowest BCUT2D eigenvalue weighted by atomic mass is 10.3. The highest BCUT2D eigenvalue weighted by atomic mass is 35.5. The SMILES string of the molecule is Cc1cc(C(=O)N2CCN(S(=O)(=O)c3cccc(Cl)c3)CC2)n[nH]1. The Balaban J connectivity index is 1.69. The number of aromatic nitrogens is 2. The van der Waals surface area contributed by atoms with Gasteiger partial charge in [-0.3, -0.25) is 9.89 Å². The minimum Gasteiger partial charge on any atom is -0.335 e. The van der Waals surface area contributed by atoms with Gasteiger partial charge in [-0.05, 0) is 31.2 Å². The van der Waals surface area contributed by atoms with Gasteiger partial charge < -0.3 is 4.90 Å². The molecule has 1 N–H and O–H groups in total. The van der Waals surface area contributed by atoms with Gasteiger partial charge in [0.25, 0.3) is 5.91 Å². The van der Waals surface area contributed by atoms with E-state index in [1.807, 2.05) is 6.92 Å². The number of H-pyrrole nitrogens is 1. The van der Waals surface area contributed by atoms with E-state index >= 15 is 0 Å². The van der Waals surface area contributed by atoms with Crippen LogP contribution in [-0.2, 0) is 10.0 Å². The van der Waals surface area contributed by atoms with Crippen molar-refractivity contribution in [2.45, 2.75) is 11.8 Å². The van der Waals surface area contributed by atoms with Crippen LogP contribution >= 0.6 is 11.6 Å². The molecule has 1 aromatic heterocycles. The second-order valence-corrected chi connectivity index (χ2v) is 7.96. The number of carbonyl (C=O) groups is 1. The summed E-state index contributed by atoms with van der Waals surface area (Å²) in [6.07, 6.45) is 0. The first kappa shape index (κ1) is 16.9. The average Bonchev–Trinajstić information content (AvgIpc) is 3.01. The lowest BCUT2D eigenvalue weighted by Gasteiger charge is -2.33. The molecule has 9 heteroatoms. The molecule has 128 valence electrons. The molecule has 1 saturated heterocycles. The van der Waals surface area contributed by atoms with E-state index in [4.69, 9.17) is 11.6 Å². The summed E-state index contributed by atoms with van der Waals surface area (Å²) in [5.74, 6) is -0.195. The highest BCUT2D eigenvalue weighted by molar-refractivity contribution is 7.89. The fourth-order valence-corrected chi connectivity index (χ4v) is 4.32. The average molecular weight is 369 g/mol. The summed E-state index contributed by atoms with van der Waals surface area (Å²) in [7, 11) is -3.61. The number of piperazine rings is 1. The largest absolute Gasteiger partial charge is 0.335 e. The Morgan fingerprint density at radius 3 is 2.50 bits per heavy atom. The fourth-order valence-electron chi connectivity index (χ4n) is 2.60. The van der Waals surface area contributed by atoms with Crippen molar-refractivity contribution in [3.8, 4) is 0 Å². The van der Waals surface area contributed by atoms with Gasteiger partial charge in [-0.2, -0.15) is 9.40 Å². The monoisotopic (exact) mass is 368 g/mol. The number of benzene rings is 1. The van der Waals surface area contributed by atoms with Gasteiger partial charge in [0, 0.05) is 36.9 Å². The van der Waals surface area contributed by atoms with Crippen molar-refractivity contribution in [1.82, 2.24) is 19.4 Å². The molecule has 1 aromatic carbocycles. The lowest BCUT2D eigenvalue weighted by Crippen LogP contribution is -2.50. The molecular weight excluding hydrogens is 352 g/mol. The molecule has 1 aliphatic rings. The quantitative estimate of drug-likeness (QED) is 0.889. The van der Waals surface area contributed by atoms with E-state index in [0.29, 0.717) is 23.8 Å². The zero-order valence-electron chi connectivity index (χ0n) is 13.1. The summed E-state index contributed by atoms with van der Waals surface area (Å²) in [5.41, 5.74) is 1.15. The van der Waals surface area contributed by atoms with E-state index in [0.717, 1.165) is 5.69 Å². The van der Waals surface area contributed by atoms with Gasteiger partial charge in [-0.1, -0.05) is 17.7 Å². The van der Waals surface area contributed by atoms with Crippen LogP contribution in [0.5, 0.6) is 0 Å². The molecule has 0 radical (unpaired) electrons. The Morgan fingerprint density at radius 2 is 1.92 bits per heavy atom. The molecule has 1 aliphatic heterocycles. The molecule has 0 bridgehead atoms. The molecule has 7 nitrogen and oxygen atoms in total. The third-order valence-corrected chi connectivity index (χ3v) is 6.01. The number of carbonyl (C=O) groups excluding carboxylic acids is 1. The van der Waals surface area contributed by atoms with E-state index in [1.165, 1.54) is 16.4 Å². The van der Waals surface area contributed by atoms with Gasteiger partial charge in [-0.25, -0.2) is 8.42 Å². The Bertz CT molecular complexity index is 857. The number of halogens is 1. The van der Waals surface area contributed by atoms with Crippen LogP contribution in [0.3, 0.4) is 0 Å². The maximum Gasteiger partial charge on any atom is 0.274 e. The lowest BCUT2D eigenvalue weighted by molar-refractivity contribution is 0.0692. The molecule has 0 atom stereocenters. The van der Waals surface area contributed by atoms with Crippen LogP contribution in [0.15, 0.2) is 35.2 Å². The number of hydrogen-bond acceptors (Lipinski definition) is 4. The molecule has 2 aromatic rings. The molecule has 2 heterocycles. The van der Waals surface area contributed by atoms with Crippen molar-refractivity contribution < 1.29 is 13.2 Å². The normalized spacial score (nSPS) is 16.3. The second kappa shape index (κ2) is 6.54. The van der Waals surface area contributed by atoms with Gasteiger partial charge in [0.1, 0.15) is 5.69 Å². The van der Waals surface area contributed by atoms with Crippen molar-refractivity contribution in [2.75, 3.05) is 26.2 Å². The number of nitrogens with zero attached hydrogens (tertiary/aromatic N) is 3. The number of aromatic amines is 1. The standard InChI is InChI=1S/C15H17ClN4O3S/c1-11-9-14(18-17-11)15(21)19-5-7-20(8-6-19)24(22,23)13-4-2-3-12(16)10-13/h2-4,9-10H,5-8H2,1H3,(H,17,18). The molecule has 0 aliphatic carbocycles. The zero-order valence-corrected chi connectivity index (χ0v) is 14.6. The van der Waals surface area contributed by atoms with E-state index in [-0.39, 0.29) is 23.9 Å². The summed E-state index contributed by atoms with van der Waals surface area (Å²) >= 11 is 5.88. The zero-order chi connectivity index (χ0) is 17.3. The van der Waals surface area contributed by atoms with Gasteiger partial charge in [0.05, 0.1) is 4.90 Å². The molecule has 0 spiro atoms. The first-order chi connectivity index (χ1) is 11.4. The summed E-state index contributed by atoms with van der Waals surface area (Å²) in [6.45, 7) is 2.95. The first-order valence-electron chi connectivity index (χ1n) is 7.45. The smallest absolute Gasteiger partial charge is 0.274 e. The van der Waals surface area contributed by atoms with Gasteiger partial charge in [0.2, 0.25) is 10.0 Å². The van der Waals surface area contributed by atoms with E-state index < -0.39 is 10.0 Å². The topological polar surface area (TPSA) is 86.4 Å². The molecule has 1 amide bonds. The van der Waals surface area contributed by atoms with Crippen LogP contribution in [0.25, 0.3) is 0 Å². The maximum absolute atomic E-state index is 12.6. The van der Waals surface area contributed by atoms with E-state index in [2.05, 4.69) is 10.2 Å². The van der Waals surface area contributed by atoms with Crippen LogP contribution in [0.1, 0.15) is 16.2 Å². The Hall–Kier alpha value is -1.90. The van der Waals surface area contributed by atoms with Crippen LogP contribution in [0.2, 0.25) is 5.02 Å². The van der Waals surface area contributed by atoms with Crippen molar-refractivity contribution >= 4 is 27.5 Å². The summed E-state index contributed by atoms with van der Waals surface area (Å²) in [5, 5.41) is 7.06. The first-order valence-corrected chi connectivity index (χ1v) is 9.27. The third-order valence-electron chi connectivity index (χ3n) is 3.88. The Kier molecular flexibility index (Phi) is 4.62. The van der Waals surface area contributed by atoms with Gasteiger partial charge in [0.15, 0.2) is 0 Å². The van der Waals surface area contributed by atoms with Crippen molar-refractivity contribution in [3.63, 3.8) is 0 Å². The number of nitrogens with one attached hydrogen (secondary N) is 1. The van der Waals surface area contributed by atoms with Crippen LogP contribution in [-0.4, -0.2) is 59.9 Å². The van der Waals surface area contributed by atoms with Crippen LogP contribution in [0.4, 0.5) is 0 Å². The van der Waals surface area contributed by atoms with Gasteiger partial charge in [-0.15, -0.1) is 0 Å². The van der Waals surface area contributed by atoms with Crippen LogP contribution < -0.4 is 0 Å². The van der Waals surface area contributed by atoms with Crippen molar-refractivity contribution in [2.24, 2.45) is 0 Å². The molecule has 3 rings (SSSR count). The Morgan fingerprint density at radius 1 is 1.21 bits per heavy atom. The number of sulfonamides is 1. The summed E-state index contributed by atoms with van der Waals surface area (Å²) < 4.78 is 26.6. The minimum absolute atomic E-state index is 0.165. The Labute approximate surface area is 145 Å². The minimum atomic E-state index is -3.61. The predicted molar refractivity (Wildman–Crippen MR) is 89.4 cm³/mol. The highest BCUT2D eigenvalue weighted by Crippen LogP contribution is 2.21. The molecule has 24 heavy (non-hydrogen) atoms. The highest BCUT2D eigenvalue weighted by Gasteiger charge is 2.31. The molecule has 0 saturated carbocycles.